The Kier molecular flexibility index (Phi) is 9.88. The molecule has 2 atom stereocenters. The maximum Gasteiger partial charge on any atom is 0.0626 e. The molecular weight excluding hydrogens is 893 g/mol. The fourth-order valence-corrected chi connectivity index (χ4v) is 12.9. The summed E-state index contributed by atoms with van der Waals surface area (Å²) in [7, 11) is 0. The van der Waals surface area contributed by atoms with Crippen LogP contribution in [0.3, 0.4) is 0 Å². The van der Waals surface area contributed by atoms with Crippen molar-refractivity contribution in [1.29, 1.82) is 0 Å². The Balaban J connectivity index is 1.08. The van der Waals surface area contributed by atoms with Crippen LogP contribution in [0, 0.1) is 0 Å². The van der Waals surface area contributed by atoms with Gasteiger partial charge in [-0.1, -0.05) is 231 Å². The maximum atomic E-state index is 2.61. The normalized spacial score (nSPS) is 15.7. The summed E-state index contributed by atoms with van der Waals surface area (Å²) in [4.78, 5) is 2.61. The highest BCUT2D eigenvalue weighted by Gasteiger charge is 2.31. The SMILES string of the molecule is C1=CCC(c2ccc(-c3ccccc3)n2-c2ccc3c(-c4ccc5ccc6cccc7ccc4c5c67)c4cc(N5C(c6ccccc6)=CCC5c5ccccc5)ccc4c(-c4cccc5ccccc45)c3c2)C=C1. The zero-order valence-corrected chi connectivity index (χ0v) is 40.9. The lowest BCUT2D eigenvalue weighted by molar-refractivity contribution is 0.749. The van der Waals surface area contributed by atoms with E-state index in [1.807, 2.05) is 0 Å². The second-order valence-electron chi connectivity index (χ2n) is 20.2. The molecule has 0 saturated heterocycles. The van der Waals surface area contributed by atoms with E-state index < -0.39 is 0 Å². The molecule has 2 nitrogen and oxygen atoms in total. The van der Waals surface area contributed by atoms with Crippen molar-refractivity contribution < 1.29 is 0 Å². The van der Waals surface area contributed by atoms with Gasteiger partial charge in [0, 0.05) is 28.7 Å². The van der Waals surface area contributed by atoms with Crippen LogP contribution in [0.1, 0.15) is 41.6 Å². The highest BCUT2D eigenvalue weighted by atomic mass is 15.2. The third-order valence-corrected chi connectivity index (χ3v) is 16.2. The summed E-state index contributed by atoms with van der Waals surface area (Å²) in [5.74, 6) is 0.244. The van der Waals surface area contributed by atoms with Gasteiger partial charge in [-0.3, -0.25) is 0 Å². The summed E-state index contributed by atoms with van der Waals surface area (Å²) in [5, 5.41) is 15.1. The van der Waals surface area contributed by atoms with Crippen molar-refractivity contribution in [1.82, 2.24) is 4.57 Å². The largest absolute Gasteiger partial charge is 0.333 e. The summed E-state index contributed by atoms with van der Waals surface area (Å²) < 4.78 is 2.54. The van der Waals surface area contributed by atoms with E-state index in [0.29, 0.717) is 0 Å². The molecule has 0 N–H and O–H groups in total. The molecule has 0 bridgehead atoms. The van der Waals surface area contributed by atoms with Gasteiger partial charge in [0.2, 0.25) is 0 Å². The summed E-state index contributed by atoms with van der Waals surface area (Å²) in [6, 6.07) is 89.1. The quantitative estimate of drug-likeness (QED) is 0.109. The fourth-order valence-electron chi connectivity index (χ4n) is 12.9. The Morgan fingerprint density at radius 3 is 1.73 bits per heavy atom. The van der Waals surface area contributed by atoms with Gasteiger partial charge in [-0.2, -0.15) is 0 Å². The van der Waals surface area contributed by atoms with Crippen LogP contribution in [0.25, 0.3) is 110 Å². The third-order valence-electron chi connectivity index (χ3n) is 16.2. The second kappa shape index (κ2) is 17.2. The molecule has 0 saturated carbocycles. The number of hydrogen-bond acceptors (Lipinski definition) is 1. The lowest BCUT2D eigenvalue weighted by Crippen LogP contribution is -2.22. The van der Waals surface area contributed by atoms with E-state index >= 15 is 0 Å². The van der Waals surface area contributed by atoms with E-state index in [2.05, 4.69) is 276 Å². The van der Waals surface area contributed by atoms with Crippen molar-refractivity contribution in [3.05, 3.63) is 284 Å². The minimum Gasteiger partial charge on any atom is -0.333 e. The predicted molar refractivity (Wildman–Crippen MR) is 315 cm³/mol. The van der Waals surface area contributed by atoms with Crippen LogP contribution in [0.15, 0.2) is 267 Å². The molecule has 2 unspecified atom stereocenters. The number of benzene rings is 12. The minimum atomic E-state index is 0.131. The van der Waals surface area contributed by atoms with Gasteiger partial charge in [0.25, 0.3) is 0 Å². The van der Waals surface area contributed by atoms with E-state index in [-0.39, 0.29) is 12.0 Å². The topological polar surface area (TPSA) is 8.17 Å². The molecule has 2 aliphatic rings. The number of fused-ring (bicyclic) bond motifs is 3. The Morgan fingerprint density at radius 2 is 0.973 bits per heavy atom. The van der Waals surface area contributed by atoms with Crippen molar-refractivity contribution in [3.63, 3.8) is 0 Å². The summed E-state index contributed by atoms with van der Waals surface area (Å²) >= 11 is 0. The average molecular weight is 943 g/mol. The van der Waals surface area contributed by atoms with E-state index in [0.717, 1.165) is 18.5 Å². The van der Waals surface area contributed by atoms with Crippen LogP contribution in [-0.4, -0.2) is 4.57 Å². The van der Waals surface area contributed by atoms with Gasteiger partial charge in [-0.05, 0) is 153 Å². The van der Waals surface area contributed by atoms with Crippen molar-refractivity contribution >= 4 is 76.0 Å². The fraction of sp³-hybridized carbons (Fsp3) is 0.0556. The molecule has 0 amide bonds. The van der Waals surface area contributed by atoms with Crippen molar-refractivity contribution in [3.8, 4) is 39.2 Å². The monoisotopic (exact) mass is 942 g/mol. The molecule has 0 radical (unpaired) electrons. The first-order valence-electron chi connectivity index (χ1n) is 26.1. The number of anilines is 1. The predicted octanol–water partition coefficient (Wildman–Crippen LogP) is 19.4. The molecule has 0 fully saturated rings. The van der Waals surface area contributed by atoms with Crippen molar-refractivity contribution in [2.45, 2.75) is 24.8 Å². The molecule has 2 heterocycles. The molecule has 348 valence electrons. The van der Waals surface area contributed by atoms with Crippen LogP contribution in [-0.2, 0) is 0 Å². The molecular formula is C72H50N2. The summed E-state index contributed by atoms with van der Waals surface area (Å²) in [6.07, 6.45) is 13.4. The maximum absolute atomic E-state index is 2.61. The van der Waals surface area contributed by atoms with Gasteiger partial charge in [0.05, 0.1) is 11.7 Å². The van der Waals surface area contributed by atoms with E-state index in [4.69, 9.17) is 0 Å². The Bertz CT molecular complexity index is 4400. The smallest absolute Gasteiger partial charge is 0.0626 e. The Morgan fingerprint density at radius 1 is 0.378 bits per heavy atom. The van der Waals surface area contributed by atoms with Crippen LogP contribution in [0.2, 0.25) is 0 Å². The van der Waals surface area contributed by atoms with Gasteiger partial charge in [-0.25, -0.2) is 0 Å². The molecule has 74 heavy (non-hydrogen) atoms. The van der Waals surface area contributed by atoms with E-state index in [1.54, 1.807) is 0 Å². The second-order valence-corrected chi connectivity index (χ2v) is 20.2. The number of allylic oxidation sites excluding steroid dienone is 4. The van der Waals surface area contributed by atoms with Crippen LogP contribution in [0.5, 0.6) is 0 Å². The zero-order valence-electron chi connectivity index (χ0n) is 40.9. The molecule has 12 aromatic carbocycles. The third kappa shape index (κ3) is 6.72. The summed E-state index contributed by atoms with van der Waals surface area (Å²) in [5.41, 5.74) is 14.7. The van der Waals surface area contributed by atoms with Gasteiger partial charge in [0.15, 0.2) is 0 Å². The van der Waals surface area contributed by atoms with Crippen molar-refractivity contribution in [2.75, 3.05) is 4.90 Å². The first-order valence-corrected chi connectivity index (χ1v) is 26.1. The highest BCUT2D eigenvalue weighted by Crippen LogP contribution is 2.52. The zero-order chi connectivity index (χ0) is 48.7. The van der Waals surface area contributed by atoms with E-state index in [1.165, 1.54) is 126 Å². The van der Waals surface area contributed by atoms with Gasteiger partial charge in [0.1, 0.15) is 0 Å². The number of rotatable bonds is 8. The lowest BCUT2D eigenvalue weighted by atomic mass is 9.82. The van der Waals surface area contributed by atoms with Gasteiger partial charge >= 0.3 is 0 Å². The first kappa shape index (κ1) is 42.4. The number of nitrogens with zero attached hydrogens (tertiary/aromatic N) is 2. The van der Waals surface area contributed by atoms with Gasteiger partial charge in [-0.15, -0.1) is 0 Å². The standard InChI is InChI=1S/C72H50N2/c1-5-18-48(19-6-1)65-41-42-66(49-20-7-2-8-21-49)73(65)55-36-40-62-63(45-55)71(58-30-16-26-47-17-13-14-29-57(47)58)61-39-35-56(74-67(50-22-9-3-10-23-50)43-44-68(74)51-24-11-4-12-25-51)46-64(61)72(62)60-38-34-54-32-31-52-27-15-28-53-33-37-59(60)70(54)69(52)53/h1-20,22-43,45-46,49,68H,21,44H2. The Labute approximate surface area is 431 Å². The Hall–Kier alpha value is -9.24. The minimum absolute atomic E-state index is 0.131. The number of aromatic nitrogens is 1. The molecule has 1 aliphatic heterocycles. The highest BCUT2D eigenvalue weighted by molar-refractivity contribution is 6.30. The molecule has 1 aromatic heterocycles. The average Bonchev–Trinajstić information content (AvgIpc) is 4.15. The molecule has 1 aliphatic carbocycles. The summed E-state index contributed by atoms with van der Waals surface area (Å²) in [6.45, 7) is 0. The van der Waals surface area contributed by atoms with Crippen LogP contribution < -0.4 is 4.90 Å². The molecule has 15 rings (SSSR count). The van der Waals surface area contributed by atoms with Crippen LogP contribution in [0.4, 0.5) is 5.69 Å². The number of hydrogen-bond donors (Lipinski definition) is 0. The van der Waals surface area contributed by atoms with Crippen LogP contribution >= 0.6 is 0 Å². The first-order chi connectivity index (χ1) is 36.7. The van der Waals surface area contributed by atoms with Gasteiger partial charge < -0.3 is 9.47 Å². The molecule has 2 heteroatoms. The van der Waals surface area contributed by atoms with E-state index in [9.17, 15) is 0 Å². The van der Waals surface area contributed by atoms with Crippen molar-refractivity contribution in [2.24, 2.45) is 0 Å². The lowest BCUT2D eigenvalue weighted by Gasteiger charge is -2.32. The molecule has 13 aromatic rings. The molecule has 0 spiro atoms.